The summed E-state index contributed by atoms with van der Waals surface area (Å²) in [7, 11) is 0. The van der Waals surface area contributed by atoms with Crippen LogP contribution in [0, 0.1) is 21.4 Å². The van der Waals surface area contributed by atoms with Gasteiger partial charge in [0.25, 0.3) is 5.69 Å². The molecule has 8 heteroatoms. The third kappa shape index (κ3) is 2.95. The van der Waals surface area contributed by atoms with Crippen LogP contribution in [0.4, 0.5) is 5.69 Å². The van der Waals surface area contributed by atoms with E-state index in [1.54, 1.807) is 0 Å². The fraction of sp³-hybridized carbons (Fsp3) is 0. The van der Waals surface area contributed by atoms with Crippen molar-refractivity contribution >= 4 is 37.5 Å². The standard InChI is InChI=1S/C12H5Br2N3O3/c13-9-3-8(17(18)19)4-10(14)12(9)20-11-6-16-2-1-7(11)5-15/h1-4,6H. The number of nitro groups is 1. The van der Waals surface area contributed by atoms with E-state index in [0.717, 1.165) is 0 Å². The molecule has 2 aromatic rings. The molecule has 0 aliphatic carbocycles. The zero-order valence-electron chi connectivity index (χ0n) is 9.71. The molecule has 0 saturated carbocycles. The second-order valence-corrected chi connectivity index (χ2v) is 5.29. The highest BCUT2D eigenvalue weighted by molar-refractivity contribution is 9.11. The predicted molar refractivity (Wildman–Crippen MR) is 77.5 cm³/mol. The number of nitrogens with zero attached hydrogens (tertiary/aromatic N) is 3. The Bertz CT molecular complexity index is 705. The maximum Gasteiger partial charge on any atom is 0.271 e. The van der Waals surface area contributed by atoms with Gasteiger partial charge in [-0.25, -0.2) is 0 Å². The lowest BCUT2D eigenvalue weighted by atomic mass is 10.2. The number of hydrogen-bond donors (Lipinski definition) is 0. The van der Waals surface area contributed by atoms with Crippen molar-refractivity contribution in [3.63, 3.8) is 0 Å². The largest absolute Gasteiger partial charge is 0.452 e. The van der Waals surface area contributed by atoms with Crippen LogP contribution in [0.3, 0.4) is 0 Å². The predicted octanol–water partition coefficient (Wildman–Crippen LogP) is 4.18. The molecule has 0 bridgehead atoms. The molecule has 6 nitrogen and oxygen atoms in total. The number of non-ortho nitro benzene ring substituents is 1. The van der Waals surface area contributed by atoms with E-state index in [1.165, 1.54) is 30.6 Å². The van der Waals surface area contributed by atoms with Crippen LogP contribution in [0.2, 0.25) is 0 Å². The monoisotopic (exact) mass is 397 g/mol. The summed E-state index contributed by atoms with van der Waals surface area (Å²) in [5.41, 5.74) is 0.236. The zero-order valence-corrected chi connectivity index (χ0v) is 12.9. The average Bonchev–Trinajstić information content (AvgIpc) is 2.42. The molecular formula is C12H5Br2N3O3. The third-order valence-electron chi connectivity index (χ3n) is 2.31. The normalized spacial score (nSPS) is 9.85. The van der Waals surface area contributed by atoms with Gasteiger partial charge in [-0.3, -0.25) is 15.1 Å². The summed E-state index contributed by atoms with van der Waals surface area (Å²) >= 11 is 6.41. The molecule has 0 radical (unpaired) electrons. The Morgan fingerprint density at radius 3 is 2.55 bits per heavy atom. The van der Waals surface area contributed by atoms with Crippen LogP contribution in [-0.2, 0) is 0 Å². The lowest BCUT2D eigenvalue weighted by molar-refractivity contribution is -0.385. The van der Waals surface area contributed by atoms with Crippen molar-refractivity contribution in [1.82, 2.24) is 4.98 Å². The summed E-state index contributed by atoms with van der Waals surface area (Å²) < 4.78 is 6.38. The highest BCUT2D eigenvalue weighted by Gasteiger charge is 2.16. The zero-order chi connectivity index (χ0) is 14.7. The topological polar surface area (TPSA) is 89.0 Å². The molecule has 20 heavy (non-hydrogen) atoms. The van der Waals surface area contributed by atoms with Gasteiger partial charge in [0.15, 0.2) is 11.5 Å². The first-order chi connectivity index (χ1) is 9.52. The van der Waals surface area contributed by atoms with E-state index >= 15 is 0 Å². The van der Waals surface area contributed by atoms with Crippen molar-refractivity contribution in [3.8, 4) is 17.6 Å². The van der Waals surface area contributed by atoms with Crippen molar-refractivity contribution in [2.45, 2.75) is 0 Å². The Hall–Kier alpha value is -1.98. The summed E-state index contributed by atoms with van der Waals surface area (Å²) in [5.74, 6) is 0.602. The van der Waals surface area contributed by atoms with E-state index in [9.17, 15) is 10.1 Å². The first kappa shape index (κ1) is 14.4. The minimum Gasteiger partial charge on any atom is -0.452 e. The van der Waals surface area contributed by atoms with Crippen molar-refractivity contribution in [1.29, 1.82) is 5.26 Å². The van der Waals surface area contributed by atoms with Gasteiger partial charge >= 0.3 is 0 Å². The number of pyridine rings is 1. The van der Waals surface area contributed by atoms with Gasteiger partial charge in [0.1, 0.15) is 6.07 Å². The molecule has 0 amide bonds. The van der Waals surface area contributed by atoms with Crippen LogP contribution in [0.1, 0.15) is 5.56 Å². The number of nitriles is 1. The molecule has 0 N–H and O–H groups in total. The van der Waals surface area contributed by atoms with Gasteiger partial charge in [-0.05, 0) is 37.9 Å². The Balaban J connectivity index is 2.45. The van der Waals surface area contributed by atoms with Gasteiger partial charge in [0.05, 0.1) is 25.6 Å². The SMILES string of the molecule is N#Cc1ccncc1Oc1c(Br)cc([N+](=O)[O-])cc1Br. The Kier molecular flexibility index (Phi) is 4.32. The third-order valence-corrected chi connectivity index (χ3v) is 3.49. The lowest BCUT2D eigenvalue weighted by Crippen LogP contribution is -1.94. The molecule has 100 valence electrons. The van der Waals surface area contributed by atoms with E-state index < -0.39 is 4.92 Å². The number of ether oxygens (including phenoxy) is 1. The number of halogens is 2. The van der Waals surface area contributed by atoms with E-state index in [-0.39, 0.29) is 11.4 Å². The molecule has 0 aliphatic heterocycles. The second kappa shape index (κ2) is 5.98. The number of rotatable bonds is 3. The molecule has 0 unspecified atom stereocenters. The van der Waals surface area contributed by atoms with Gasteiger partial charge in [-0.15, -0.1) is 0 Å². The van der Waals surface area contributed by atoms with Crippen LogP contribution < -0.4 is 4.74 Å². The van der Waals surface area contributed by atoms with E-state index in [4.69, 9.17) is 10.00 Å². The van der Waals surface area contributed by atoms with E-state index in [2.05, 4.69) is 36.8 Å². The Morgan fingerprint density at radius 1 is 1.35 bits per heavy atom. The van der Waals surface area contributed by atoms with Crippen LogP contribution in [0.15, 0.2) is 39.5 Å². The van der Waals surface area contributed by atoms with Crippen LogP contribution in [0.5, 0.6) is 11.5 Å². The maximum absolute atomic E-state index is 10.7. The number of hydrogen-bond acceptors (Lipinski definition) is 5. The number of aromatic nitrogens is 1. The second-order valence-electron chi connectivity index (χ2n) is 3.58. The molecule has 0 aliphatic rings. The molecule has 1 aromatic carbocycles. The number of benzene rings is 1. The Morgan fingerprint density at radius 2 is 2.00 bits per heavy atom. The first-order valence-corrected chi connectivity index (χ1v) is 6.77. The molecule has 0 saturated heterocycles. The highest BCUT2D eigenvalue weighted by atomic mass is 79.9. The van der Waals surface area contributed by atoms with E-state index in [0.29, 0.717) is 20.3 Å². The van der Waals surface area contributed by atoms with Crippen molar-refractivity contribution in [3.05, 3.63) is 55.2 Å². The van der Waals surface area contributed by atoms with Crippen molar-refractivity contribution in [2.24, 2.45) is 0 Å². The molecule has 2 rings (SSSR count). The van der Waals surface area contributed by atoms with Crippen molar-refractivity contribution < 1.29 is 9.66 Å². The fourth-order valence-corrected chi connectivity index (χ4v) is 2.74. The van der Waals surface area contributed by atoms with Gasteiger partial charge < -0.3 is 4.74 Å². The molecule has 0 fully saturated rings. The summed E-state index contributed by atoms with van der Waals surface area (Å²) in [6, 6.07) is 6.14. The minimum atomic E-state index is -0.510. The first-order valence-electron chi connectivity index (χ1n) is 5.18. The molecule has 1 heterocycles. The molecule has 0 spiro atoms. The smallest absolute Gasteiger partial charge is 0.271 e. The quantitative estimate of drug-likeness (QED) is 0.571. The summed E-state index contributed by atoms with van der Waals surface area (Å²) in [6.45, 7) is 0. The minimum absolute atomic E-state index is 0.0807. The van der Waals surface area contributed by atoms with Crippen molar-refractivity contribution in [2.75, 3.05) is 0 Å². The number of nitro benzene ring substituents is 1. The van der Waals surface area contributed by atoms with E-state index in [1.807, 2.05) is 6.07 Å². The summed E-state index contributed by atoms with van der Waals surface area (Å²) in [4.78, 5) is 14.1. The fourth-order valence-electron chi connectivity index (χ4n) is 1.41. The maximum atomic E-state index is 10.7. The summed E-state index contributed by atoms with van der Waals surface area (Å²) in [5, 5.41) is 19.7. The van der Waals surface area contributed by atoms with Crippen LogP contribution >= 0.6 is 31.9 Å². The highest BCUT2D eigenvalue weighted by Crippen LogP contribution is 2.40. The van der Waals surface area contributed by atoms with Gasteiger partial charge in [0, 0.05) is 18.3 Å². The van der Waals surface area contributed by atoms with Gasteiger partial charge in [0.2, 0.25) is 0 Å². The molecule has 0 atom stereocenters. The average molecular weight is 399 g/mol. The summed E-state index contributed by atoms with van der Waals surface area (Å²) in [6.07, 6.45) is 2.88. The van der Waals surface area contributed by atoms with Crippen LogP contribution in [0.25, 0.3) is 0 Å². The van der Waals surface area contributed by atoms with Crippen LogP contribution in [-0.4, -0.2) is 9.91 Å². The Labute approximate surface area is 130 Å². The molecule has 1 aromatic heterocycles. The van der Waals surface area contributed by atoms with Gasteiger partial charge in [-0.2, -0.15) is 5.26 Å². The lowest BCUT2D eigenvalue weighted by Gasteiger charge is -2.10. The van der Waals surface area contributed by atoms with Gasteiger partial charge in [-0.1, -0.05) is 0 Å². The molecular weight excluding hydrogens is 394 g/mol.